The highest BCUT2D eigenvalue weighted by atomic mass is 19.1. The smallest absolute Gasteiger partial charge is 0.146 e. The van der Waals surface area contributed by atoms with Crippen LogP contribution in [0.5, 0.6) is 0 Å². The van der Waals surface area contributed by atoms with E-state index in [1.807, 2.05) is 13.1 Å². The molecular formula is C16H26FN3. The lowest BCUT2D eigenvalue weighted by Crippen LogP contribution is -2.39. The zero-order valence-corrected chi connectivity index (χ0v) is 12.6. The molecule has 1 heterocycles. The fourth-order valence-corrected chi connectivity index (χ4v) is 3.27. The average molecular weight is 279 g/mol. The normalized spacial score (nSPS) is 19.5. The SMILES string of the molecule is CCN1CCCC1CN(C)c1c(F)cccc1CCN. The van der Waals surface area contributed by atoms with Gasteiger partial charge in [-0.3, -0.25) is 4.90 Å². The van der Waals surface area contributed by atoms with Gasteiger partial charge < -0.3 is 10.6 Å². The molecular weight excluding hydrogens is 253 g/mol. The van der Waals surface area contributed by atoms with Gasteiger partial charge in [0.2, 0.25) is 0 Å². The highest BCUT2D eigenvalue weighted by molar-refractivity contribution is 5.54. The second kappa shape index (κ2) is 7.04. The minimum absolute atomic E-state index is 0.139. The molecule has 1 aliphatic heterocycles. The summed E-state index contributed by atoms with van der Waals surface area (Å²) in [5, 5.41) is 0. The molecule has 0 bridgehead atoms. The third-order valence-electron chi connectivity index (χ3n) is 4.26. The van der Waals surface area contributed by atoms with Crippen LogP contribution >= 0.6 is 0 Å². The van der Waals surface area contributed by atoms with Gasteiger partial charge in [0.05, 0.1) is 5.69 Å². The van der Waals surface area contributed by atoms with Crippen molar-refractivity contribution in [3.63, 3.8) is 0 Å². The number of halogens is 1. The maximum Gasteiger partial charge on any atom is 0.146 e. The molecule has 2 rings (SSSR count). The van der Waals surface area contributed by atoms with Crippen LogP contribution in [0, 0.1) is 5.82 Å². The number of anilines is 1. The van der Waals surface area contributed by atoms with Gasteiger partial charge in [-0.25, -0.2) is 4.39 Å². The lowest BCUT2D eigenvalue weighted by molar-refractivity contribution is 0.270. The molecule has 1 unspecified atom stereocenters. The summed E-state index contributed by atoms with van der Waals surface area (Å²) in [6.07, 6.45) is 3.18. The molecule has 1 saturated heterocycles. The summed E-state index contributed by atoms with van der Waals surface area (Å²) in [6, 6.07) is 5.83. The molecule has 4 heteroatoms. The first-order valence-corrected chi connectivity index (χ1v) is 7.60. The Morgan fingerprint density at radius 3 is 2.95 bits per heavy atom. The van der Waals surface area contributed by atoms with Crippen LogP contribution in [0.4, 0.5) is 10.1 Å². The van der Waals surface area contributed by atoms with Crippen molar-refractivity contribution in [1.29, 1.82) is 0 Å². The largest absolute Gasteiger partial charge is 0.370 e. The fraction of sp³-hybridized carbons (Fsp3) is 0.625. The molecule has 0 radical (unpaired) electrons. The topological polar surface area (TPSA) is 32.5 Å². The van der Waals surface area contributed by atoms with E-state index in [0.717, 1.165) is 30.8 Å². The van der Waals surface area contributed by atoms with Crippen molar-refractivity contribution in [2.45, 2.75) is 32.2 Å². The minimum Gasteiger partial charge on any atom is -0.370 e. The molecule has 1 fully saturated rings. The van der Waals surface area contributed by atoms with E-state index in [2.05, 4.69) is 16.7 Å². The molecule has 0 spiro atoms. The first-order valence-electron chi connectivity index (χ1n) is 7.60. The van der Waals surface area contributed by atoms with Crippen molar-refractivity contribution >= 4 is 5.69 Å². The third kappa shape index (κ3) is 3.30. The molecule has 0 amide bonds. The van der Waals surface area contributed by atoms with Gasteiger partial charge in [0.15, 0.2) is 0 Å². The number of para-hydroxylation sites is 1. The summed E-state index contributed by atoms with van der Waals surface area (Å²) < 4.78 is 14.2. The number of nitrogens with two attached hydrogens (primary N) is 1. The van der Waals surface area contributed by atoms with Crippen LogP contribution in [-0.2, 0) is 6.42 Å². The minimum atomic E-state index is -0.139. The van der Waals surface area contributed by atoms with Crippen molar-refractivity contribution in [2.75, 3.05) is 38.1 Å². The van der Waals surface area contributed by atoms with Gasteiger partial charge in [-0.05, 0) is 50.5 Å². The zero-order valence-electron chi connectivity index (χ0n) is 12.6. The Balaban J connectivity index is 2.14. The van der Waals surface area contributed by atoms with E-state index in [4.69, 9.17) is 5.73 Å². The molecule has 112 valence electrons. The molecule has 0 aliphatic carbocycles. The summed E-state index contributed by atoms with van der Waals surface area (Å²) in [5.74, 6) is -0.139. The highest BCUT2D eigenvalue weighted by Gasteiger charge is 2.25. The predicted octanol–water partition coefficient (Wildman–Crippen LogP) is 2.25. The maximum absolute atomic E-state index is 14.2. The van der Waals surface area contributed by atoms with Crippen molar-refractivity contribution in [2.24, 2.45) is 5.73 Å². The maximum atomic E-state index is 14.2. The second-order valence-electron chi connectivity index (χ2n) is 5.59. The van der Waals surface area contributed by atoms with E-state index in [-0.39, 0.29) is 5.82 Å². The predicted molar refractivity (Wildman–Crippen MR) is 82.7 cm³/mol. The van der Waals surface area contributed by atoms with Gasteiger partial charge in [-0.15, -0.1) is 0 Å². The van der Waals surface area contributed by atoms with Crippen LogP contribution in [0.25, 0.3) is 0 Å². The molecule has 1 aliphatic rings. The molecule has 1 atom stereocenters. The van der Waals surface area contributed by atoms with Crippen LogP contribution in [-0.4, -0.2) is 44.2 Å². The van der Waals surface area contributed by atoms with Crippen molar-refractivity contribution in [1.82, 2.24) is 4.90 Å². The van der Waals surface area contributed by atoms with Crippen LogP contribution in [0.15, 0.2) is 18.2 Å². The lowest BCUT2D eigenvalue weighted by Gasteiger charge is -2.30. The van der Waals surface area contributed by atoms with E-state index < -0.39 is 0 Å². The molecule has 2 N–H and O–H groups in total. The molecule has 1 aromatic rings. The number of nitrogens with zero attached hydrogens (tertiary/aromatic N) is 2. The zero-order chi connectivity index (χ0) is 14.5. The van der Waals surface area contributed by atoms with E-state index in [1.54, 1.807) is 6.07 Å². The van der Waals surface area contributed by atoms with E-state index >= 15 is 0 Å². The number of benzene rings is 1. The van der Waals surface area contributed by atoms with Crippen LogP contribution in [0.2, 0.25) is 0 Å². The van der Waals surface area contributed by atoms with Gasteiger partial charge in [0.1, 0.15) is 5.82 Å². The Hall–Kier alpha value is -1.13. The quantitative estimate of drug-likeness (QED) is 0.867. The first kappa shape index (κ1) is 15.3. The molecule has 3 nitrogen and oxygen atoms in total. The third-order valence-corrected chi connectivity index (χ3v) is 4.26. The van der Waals surface area contributed by atoms with E-state index in [0.29, 0.717) is 12.6 Å². The van der Waals surface area contributed by atoms with E-state index in [1.165, 1.54) is 25.5 Å². The van der Waals surface area contributed by atoms with Crippen molar-refractivity contribution < 1.29 is 4.39 Å². The Morgan fingerprint density at radius 2 is 2.25 bits per heavy atom. The van der Waals surface area contributed by atoms with Gasteiger partial charge in [0.25, 0.3) is 0 Å². The highest BCUT2D eigenvalue weighted by Crippen LogP contribution is 2.26. The van der Waals surface area contributed by atoms with Gasteiger partial charge >= 0.3 is 0 Å². The van der Waals surface area contributed by atoms with Gasteiger partial charge in [-0.2, -0.15) is 0 Å². The molecule has 0 saturated carbocycles. The molecule has 1 aromatic carbocycles. The summed E-state index contributed by atoms with van der Waals surface area (Å²) in [7, 11) is 1.99. The summed E-state index contributed by atoms with van der Waals surface area (Å²) in [4.78, 5) is 4.55. The van der Waals surface area contributed by atoms with Crippen molar-refractivity contribution in [3.05, 3.63) is 29.6 Å². The lowest BCUT2D eigenvalue weighted by atomic mass is 10.1. The Morgan fingerprint density at radius 1 is 1.45 bits per heavy atom. The van der Waals surface area contributed by atoms with E-state index in [9.17, 15) is 4.39 Å². The van der Waals surface area contributed by atoms with Gasteiger partial charge in [0, 0.05) is 19.6 Å². The van der Waals surface area contributed by atoms with Gasteiger partial charge in [-0.1, -0.05) is 19.1 Å². The van der Waals surface area contributed by atoms with Crippen LogP contribution in [0.3, 0.4) is 0 Å². The number of likely N-dealkylation sites (N-methyl/N-ethyl adjacent to an activating group) is 2. The van der Waals surface area contributed by atoms with Crippen LogP contribution < -0.4 is 10.6 Å². The Bertz CT molecular complexity index is 436. The fourth-order valence-electron chi connectivity index (χ4n) is 3.27. The van der Waals surface area contributed by atoms with Crippen LogP contribution in [0.1, 0.15) is 25.3 Å². The number of likely N-dealkylation sites (tertiary alicyclic amines) is 1. The number of rotatable bonds is 6. The number of hydrogen-bond donors (Lipinski definition) is 1. The number of hydrogen-bond acceptors (Lipinski definition) is 3. The average Bonchev–Trinajstić information content (AvgIpc) is 2.86. The first-order chi connectivity index (χ1) is 9.67. The summed E-state index contributed by atoms with van der Waals surface area (Å²) in [5.41, 5.74) is 7.37. The monoisotopic (exact) mass is 279 g/mol. The summed E-state index contributed by atoms with van der Waals surface area (Å²) in [6.45, 7) is 5.87. The standard InChI is InChI=1S/C16H26FN3/c1-3-20-11-5-7-14(20)12-19(2)16-13(9-10-18)6-4-8-15(16)17/h4,6,8,14H,3,5,7,9-12,18H2,1-2H3. The van der Waals surface area contributed by atoms with Crippen molar-refractivity contribution in [3.8, 4) is 0 Å². The summed E-state index contributed by atoms with van der Waals surface area (Å²) >= 11 is 0. The Kier molecular flexibility index (Phi) is 5.38. The molecule has 20 heavy (non-hydrogen) atoms. The Labute approximate surface area is 121 Å². The second-order valence-corrected chi connectivity index (χ2v) is 5.59. The molecule has 0 aromatic heterocycles.